The van der Waals surface area contributed by atoms with E-state index in [4.69, 9.17) is 5.26 Å². The van der Waals surface area contributed by atoms with Crippen molar-refractivity contribution in [3.63, 3.8) is 0 Å². The number of benzene rings is 2. The summed E-state index contributed by atoms with van der Waals surface area (Å²) in [6.07, 6.45) is 0.146. The number of nitrogens with one attached hydrogen (secondary N) is 1. The molecular formula is C21H22N2O3. The molecule has 2 aromatic carbocycles. The van der Waals surface area contributed by atoms with Gasteiger partial charge in [-0.15, -0.1) is 0 Å². The van der Waals surface area contributed by atoms with Crippen LogP contribution in [0.15, 0.2) is 48.5 Å². The Labute approximate surface area is 153 Å². The van der Waals surface area contributed by atoms with E-state index in [0.29, 0.717) is 11.1 Å². The van der Waals surface area contributed by atoms with Crippen LogP contribution in [0.2, 0.25) is 0 Å². The Morgan fingerprint density at radius 2 is 1.65 bits per heavy atom. The normalized spacial score (nSPS) is 12.1. The first-order chi connectivity index (χ1) is 12.2. The second-order valence-corrected chi connectivity index (χ2v) is 7.20. The van der Waals surface area contributed by atoms with Crippen molar-refractivity contribution in [3.05, 3.63) is 70.8 Å². The number of nitriles is 1. The summed E-state index contributed by atoms with van der Waals surface area (Å²) in [6.45, 7) is 6.25. The van der Waals surface area contributed by atoms with Gasteiger partial charge in [-0.25, -0.2) is 4.79 Å². The minimum Gasteiger partial charge on any atom is -0.480 e. The highest BCUT2D eigenvalue weighted by Crippen LogP contribution is 2.22. The molecule has 0 spiro atoms. The van der Waals surface area contributed by atoms with Crippen molar-refractivity contribution in [3.8, 4) is 6.07 Å². The molecule has 0 radical (unpaired) electrons. The standard InChI is InChI=1S/C21H22N2O3/c1-21(2,3)17-10-8-16(9-11-17)19(24)23-18(20(25)26)12-14-4-6-15(13-22)7-5-14/h4-11,18H,12H2,1-3H3,(H,23,24)(H,25,26). The van der Waals surface area contributed by atoms with Gasteiger partial charge in [0.05, 0.1) is 11.6 Å². The third-order valence-corrected chi connectivity index (χ3v) is 4.14. The van der Waals surface area contributed by atoms with Crippen LogP contribution in [0.1, 0.15) is 47.8 Å². The molecule has 0 heterocycles. The van der Waals surface area contributed by atoms with Crippen LogP contribution in [0.25, 0.3) is 0 Å². The Bertz CT molecular complexity index is 826. The van der Waals surface area contributed by atoms with Crippen LogP contribution in [0.5, 0.6) is 0 Å². The van der Waals surface area contributed by atoms with E-state index in [2.05, 4.69) is 26.1 Å². The van der Waals surface area contributed by atoms with Gasteiger partial charge < -0.3 is 10.4 Å². The van der Waals surface area contributed by atoms with Gasteiger partial charge in [0.2, 0.25) is 0 Å². The highest BCUT2D eigenvalue weighted by Gasteiger charge is 2.21. The highest BCUT2D eigenvalue weighted by molar-refractivity contribution is 5.96. The monoisotopic (exact) mass is 350 g/mol. The molecule has 1 atom stereocenters. The molecular weight excluding hydrogens is 328 g/mol. The molecule has 134 valence electrons. The lowest BCUT2D eigenvalue weighted by molar-refractivity contribution is -0.139. The van der Waals surface area contributed by atoms with Crippen molar-refractivity contribution >= 4 is 11.9 Å². The maximum atomic E-state index is 12.4. The van der Waals surface area contributed by atoms with E-state index in [-0.39, 0.29) is 11.8 Å². The number of hydrogen-bond acceptors (Lipinski definition) is 3. The van der Waals surface area contributed by atoms with Gasteiger partial charge in [0, 0.05) is 12.0 Å². The van der Waals surface area contributed by atoms with Crippen molar-refractivity contribution in [1.82, 2.24) is 5.32 Å². The molecule has 2 aromatic rings. The lowest BCUT2D eigenvalue weighted by Crippen LogP contribution is -2.42. The third-order valence-electron chi connectivity index (χ3n) is 4.14. The maximum absolute atomic E-state index is 12.4. The smallest absolute Gasteiger partial charge is 0.326 e. The molecule has 1 unspecified atom stereocenters. The van der Waals surface area contributed by atoms with Crippen LogP contribution < -0.4 is 5.32 Å². The zero-order valence-corrected chi connectivity index (χ0v) is 15.1. The Morgan fingerprint density at radius 3 is 2.12 bits per heavy atom. The van der Waals surface area contributed by atoms with Crippen LogP contribution >= 0.6 is 0 Å². The predicted molar refractivity (Wildman–Crippen MR) is 98.9 cm³/mol. The van der Waals surface area contributed by atoms with Gasteiger partial charge in [-0.1, -0.05) is 45.0 Å². The van der Waals surface area contributed by atoms with Crippen molar-refractivity contribution in [1.29, 1.82) is 5.26 Å². The minimum atomic E-state index is -1.10. The van der Waals surface area contributed by atoms with E-state index in [1.807, 2.05) is 18.2 Å². The van der Waals surface area contributed by atoms with E-state index in [1.54, 1.807) is 36.4 Å². The van der Waals surface area contributed by atoms with Crippen LogP contribution in [0.3, 0.4) is 0 Å². The second-order valence-electron chi connectivity index (χ2n) is 7.20. The molecule has 0 fully saturated rings. The fraction of sp³-hybridized carbons (Fsp3) is 0.286. The molecule has 26 heavy (non-hydrogen) atoms. The van der Waals surface area contributed by atoms with Gasteiger partial charge in [0.1, 0.15) is 6.04 Å². The van der Waals surface area contributed by atoms with E-state index < -0.39 is 17.9 Å². The SMILES string of the molecule is CC(C)(C)c1ccc(C(=O)NC(Cc2ccc(C#N)cc2)C(=O)O)cc1. The van der Waals surface area contributed by atoms with Gasteiger partial charge >= 0.3 is 5.97 Å². The molecule has 2 N–H and O–H groups in total. The summed E-state index contributed by atoms with van der Waals surface area (Å²) < 4.78 is 0. The van der Waals surface area contributed by atoms with E-state index >= 15 is 0 Å². The van der Waals surface area contributed by atoms with Gasteiger partial charge in [0.15, 0.2) is 0 Å². The van der Waals surface area contributed by atoms with Crippen LogP contribution in [-0.2, 0) is 16.6 Å². The summed E-state index contributed by atoms with van der Waals surface area (Å²) in [4.78, 5) is 23.9. The van der Waals surface area contributed by atoms with E-state index in [0.717, 1.165) is 11.1 Å². The number of amides is 1. The maximum Gasteiger partial charge on any atom is 0.326 e. The second kappa shape index (κ2) is 7.83. The fourth-order valence-electron chi connectivity index (χ4n) is 2.51. The number of carbonyl (C=O) groups is 2. The number of nitrogens with zero attached hydrogens (tertiary/aromatic N) is 1. The number of rotatable bonds is 5. The quantitative estimate of drug-likeness (QED) is 0.866. The van der Waals surface area contributed by atoms with Crippen LogP contribution in [0, 0.1) is 11.3 Å². The predicted octanol–water partition coefficient (Wildman–Crippen LogP) is 3.28. The number of hydrogen-bond donors (Lipinski definition) is 2. The summed E-state index contributed by atoms with van der Waals surface area (Å²) in [6, 6.07) is 14.8. The van der Waals surface area contributed by atoms with Gasteiger partial charge in [-0.05, 0) is 40.8 Å². The van der Waals surface area contributed by atoms with Crippen LogP contribution in [0.4, 0.5) is 0 Å². The van der Waals surface area contributed by atoms with Crippen molar-refractivity contribution in [2.75, 3.05) is 0 Å². The number of carboxylic acid groups (broad SMARTS) is 1. The van der Waals surface area contributed by atoms with Gasteiger partial charge in [0.25, 0.3) is 5.91 Å². The molecule has 0 aliphatic carbocycles. The third kappa shape index (κ3) is 4.93. The van der Waals surface area contributed by atoms with Crippen molar-refractivity contribution < 1.29 is 14.7 Å². The molecule has 0 bridgehead atoms. The first-order valence-electron chi connectivity index (χ1n) is 8.34. The zero-order valence-electron chi connectivity index (χ0n) is 15.1. The first-order valence-corrected chi connectivity index (χ1v) is 8.34. The zero-order chi connectivity index (χ0) is 19.3. The summed E-state index contributed by atoms with van der Waals surface area (Å²) in [5, 5.41) is 20.8. The topological polar surface area (TPSA) is 90.2 Å². The molecule has 0 aromatic heterocycles. The summed E-state index contributed by atoms with van der Waals surface area (Å²) in [5.41, 5.74) is 2.74. The largest absolute Gasteiger partial charge is 0.480 e. The van der Waals surface area contributed by atoms with Gasteiger partial charge in [-0.2, -0.15) is 5.26 Å². The molecule has 0 saturated heterocycles. The Kier molecular flexibility index (Phi) is 5.78. The lowest BCUT2D eigenvalue weighted by atomic mass is 9.86. The van der Waals surface area contributed by atoms with Gasteiger partial charge in [-0.3, -0.25) is 4.79 Å². The molecule has 1 amide bonds. The van der Waals surface area contributed by atoms with Crippen molar-refractivity contribution in [2.24, 2.45) is 0 Å². The Morgan fingerprint density at radius 1 is 1.08 bits per heavy atom. The summed E-state index contributed by atoms with van der Waals surface area (Å²) >= 11 is 0. The molecule has 5 nitrogen and oxygen atoms in total. The fourth-order valence-corrected chi connectivity index (χ4v) is 2.51. The first kappa shape index (κ1) is 19.2. The number of carboxylic acids is 1. The van der Waals surface area contributed by atoms with E-state index in [1.165, 1.54) is 0 Å². The summed E-state index contributed by atoms with van der Waals surface area (Å²) in [5.74, 6) is -1.53. The molecule has 0 saturated carbocycles. The van der Waals surface area contributed by atoms with Crippen LogP contribution in [-0.4, -0.2) is 23.0 Å². The number of carbonyl (C=O) groups excluding carboxylic acids is 1. The molecule has 0 aliphatic rings. The molecule has 5 heteroatoms. The Balaban J connectivity index is 2.10. The Hall–Kier alpha value is -3.13. The van der Waals surface area contributed by atoms with Crippen molar-refractivity contribution in [2.45, 2.75) is 38.6 Å². The highest BCUT2D eigenvalue weighted by atomic mass is 16.4. The molecule has 0 aliphatic heterocycles. The lowest BCUT2D eigenvalue weighted by Gasteiger charge is -2.19. The average Bonchev–Trinajstić information content (AvgIpc) is 2.61. The number of aliphatic carboxylic acids is 1. The molecule has 2 rings (SSSR count). The average molecular weight is 350 g/mol. The summed E-state index contributed by atoms with van der Waals surface area (Å²) in [7, 11) is 0. The van der Waals surface area contributed by atoms with E-state index in [9.17, 15) is 14.7 Å². The minimum absolute atomic E-state index is 0.0196.